The Balaban J connectivity index is 0.000000254. The van der Waals surface area contributed by atoms with Gasteiger partial charge in [-0.2, -0.15) is 0 Å². The molecule has 0 aromatic heterocycles. The van der Waals surface area contributed by atoms with E-state index in [4.69, 9.17) is 10.7 Å². The van der Waals surface area contributed by atoms with Crippen LogP contribution in [-0.4, -0.2) is 20.2 Å². The predicted octanol–water partition coefficient (Wildman–Crippen LogP) is 3.22. The van der Waals surface area contributed by atoms with Crippen molar-refractivity contribution in [2.45, 2.75) is 18.7 Å². The fourth-order valence-corrected chi connectivity index (χ4v) is 2.40. The van der Waals surface area contributed by atoms with E-state index in [1.165, 1.54) is 38.1 Å². The summed E-state index contributed by atoms with van der Waals surface area (Å²) < 4.78 is 21.7. The van der Waals surface area contributed by atoms with Crippen molar-refractivity contribution in [1.82, 2.24) is 0 Å². The molecular weight excluding hydrogens is 352 g/mol. The van der Waals surface area contributed by atoms with Crippen LogP contribution >= 0.6 is 10.7 Å². The molecule has 6 nitrogen and oxygen atoms in total. The molecule has 0 saturated heterocycles. The van der Waals surface area contributed by atoms with Crippen molar-refractivity contribution in [3.63, 3.8) is 0 Å². The second kappa shape index (κ2) is 9.05. The highest BCUT2D eigenvalue weighted by atomic mass is 35.7. The molecule has 2 amide bonds. The van der Waals surface area contributed by atoms with Crippen LogP contribution in [0.1, 0.15) is 13.8 Å². The summed E-state index contributed by atoms with van der Waals surface area (Å²) in [4.78, 5) is 21.1. The van der Waals surface area contributed by atoms with Crippen LogP contribution in [-0.2, 0) is 18.6 Å². The molecule has 0 bridgehead atoms. The monoisotopic (exact) mass is 368 g/mol. The van der Waals surface area contributed by atoms with Gasteiger partial charge < -0.3 is 10.6 Å². The number of para-hydroxylation sites is 1. The number of anilines is 2. The van der Waals surface area contributed by atoms with Crippen LogP contribution in [0, 0.1) is 0 Å². The van der Waals surface area contributed by atoms with Gasteiger partial charge in [0, 0.05) is 35.9 Å². The first-order valence-corrected chi connectivity index (χ1v) is 9.14. The molecule has 0 aliphatic heterocycles. The summed E-state index contributed by atoms with van der Waals surface area (Å²) in [6.07, 6.45) is 0. The molecule has 2 aromatic carbocycles. The Morgan fingerprint density at radius 3 is 1.58 bits per heavy atom. The van der Waals surface area contributed by atoms with Crippen molar-refractivity contribution in [2.24, 2.45) is 0 Å². The van der Waals surface area contributed by atoms with Gasteiger partial charge in [0.25, 0.3) is 9.05 Å². The average Bonchev–Trinajstić information content (AvgIpc) is 2.47. The SMILES string of the molecule is CC(=O)Nc1ccc(S(=O)(=O)Cl)cc1.CC(=O)Nc1ccccc1. The second-order valence-electron chi connectivity index (χ2n) is 4.69. The summed E-state index contributed by atoms with van der Waals surface area (Å²) in [5, 5.41) is 5.17. The summed E-state index contributed by atoms with van der Waals surface area (Å²) in [5.74, 6) is -0.252. The maximum Gasteiger partial charge on any atom is 0.261 e. The predicted molar refractivity (Wildman–Crippen MR) is 94.5 cm³/mol. The number of rotatable bonds is 3. The zero-order chi connectivity index (χ0) is 18.2. The van der Waals surface area contributed by atoms with Gasteiger partial charge in [-0.3, -0.25) is 9.59 Å². The summed E-state index contributed by atoms with van der Waals surface area (Å²) in [5.41, 5.74) is 1.37. The first kappa shape index (κ1) is 19.7. The first-order chi connectivity index (χ1) is 11.2. The van der Waals surface area contributed by atoms with Gasteiger partial charge in [-0.05, 0) is 36.4 Å². The highest BCUT2D eigenvalue weighted by Gasteiger charge is 2.08. The van der Waals surface area contributed by atoms with Gasteiger partial charge in [0.1, 0.15) is 0 Å². The molecule has 0 aliphatic rings. The smallest absolute Gasteiger partial charge is 0.261 e. The molecule has 8 heteroatoms. The number of amides is 2. The normalized spacial score (nSPS) is 10.1. The van der Waals surface area contributed by atoms with Gasteiger partial charge in [0.15, 0.2) is 0 Å². The van der Waals surface area contributed by atoms with Gasteiger partial charge in [-0.15, -0.1) is 0 Å². The number of carbonyl (C=O) groups excluding carboxylic acids is 2. The Labute approximate surface area is 145 Å². The Morgan fingerprint density at radius 1 is 0.792 bits per heavy atom. The molecular formula is C16H17ClN2O4S. The van der Waals surface area contributed by atoms with Crippen LogP contribution in [0.3, 0.4) is 0 Å². The van der Waals surface area contributed by atoms with Gasteiger partial charge >= 0.3 is 0 Å². The summed E-state index contributed by atoms with van der Waals surface area (Å²) in [6.45, 7) is 2.86. The van der Waals surface area contributed by atoms with Gasteiger partial charge in [-0.1, -0.05) is 18.2 Å². The quantitative estimate of drug-likeness (QED) is 0.813. The van der Waals surface area contributed by atoms with Gasteiger partial charge in [-0.25, -0.2) is 8.42 Å². The molecule has 2 rings (SSSR count). The van der Waals surface area contributed by atoms with E-state index < -0.39 is 9.05 Å². The van der Waals surface area contributed by atoms with Crippen LogP contribution < -0.4 is 10.6 Å². The molecule has 0 fully saturated rings. The zero-order valence-electron chi connectivity index (χ0n) is 13.1. The molecule has 0 saturated carbocycles. The summed E-state index contributed by atoms with van der Waals surface area (Å²) in [6, 6.07) is 15.0. The molecule has 0 heterocycles. The van der Waals surface area contributed by atoms with Crippen LogP contribution in [0.4, 0.5) is 11.4 Å². The maximum absolute atomic E-state index is 10.8. The fraction of sp³-hybridized carbons (Fsp3) is 0.125. The lowest BCUT2D eigenvalue weighted by molar-refractivity contribution is -0.115. The lowest BCUT2D eigenvalue weighted by Gasteiger charge is -2.01. The van der Waals surface area contributed by atoms with Crippen LogP contribution in [0.15, 0.2) is 59.5 Å². The number of hydrogen-bond donors (Lipinski definition) is 2. The van der Waals surface area contributed by atoms with E-state index in [9.17, 15) is 18.0 Å². The molecule has 24 heavy (non-hydrogen) atoms. The van der Waals surface area contributed by atoms with Crippen molar-refractivity contribution in [1.29, 1.82) is 0 Å². The number of hydrogen-bond acceptors (Lipinski definition) is 4. The third-order valence-corrected chi connectivity index (χ3v) is 3.92. The maximum atomic E-state index is 10.8. The lowest BCUT2D eigenvalue weighted by Crippen LogP contribution is -2.05. The molecule has 2 aromatic rings. The number of nitrogens with one attached hydrogen (secondary N) is 2. The highest BCUT2D eigenvalue weighted by molar-refractivity contribution is 8.13. The third kappa shape index (κ3) is 7.75. The van der Waals surface area contributed by atoms with E-state index in [1.54, 1.807) is 0 Å². The largest absolute Gasteiger partial charge is 0.326 e. The lowest BCUT2D eigenvalue weighted by atomic mass is 10.3. The van der Waals surface area contributed by atoms with Gasteiger partial charge in [0.05, 0.1) is 4.90 Å². The molecule has 2 N–H and O–H groups in total. The Morgan fingerprint density at radius 2 is 1.21 bits per heavy atom. The van der Waals surface area contributed by atoms with Crippen molar-refractivity contribution in [2.75, 3.05) is 10.6 Å². The summed E-state index contributed by atoms with van der Waals surface area (Å²) >= 11 is 0. The van der Waals surface area contributed by atoms with E-state index in [0.717, 1.165) is 5.69 Å². The minimum Gasteiger partial charge on any atom is -0.326 e. The molecule has 0 unspecified atom stereocenters. The third-order valence-electron chi connectivity index (χ3n) is 2.55. The molecule has 128 valence electrons. The molecule has 0 radical (unpaired) electrons. The average molecular weight is 369 g/mol. The van der Waals surface area contributed by atoms with E-state index in [0.29, 0.717) is 5.69 Å². The van der Waals surface area contributed by atoms with E-state index in [-0.39, 0.29) is 16.7 Å². The molecule has 0 spiro atoms. The standard InChI is InChI=1S/C8H8ClNO3S.C8H9NO/c1-6(11)10-7-2-4-8(5-3-7)14(9,12)13;1-7(10)9-8-5-3-2-4-6-8/h2-5H,1H3,(H,10,11);2-6H,1H3,(H,9,10). The Bertz CT molecular complexity index is 791. The van der Waals surface area contributed by atoms with E-state index in [1.807, 2.05) is 30.3 Å². The van der Waals surface area contributed by atoms with Crippen LogP contribution in [0.25, 0.3) is 0 Å². The number of carbonyl (C=O) groups is 2. The van der Waals surface area contributed by atoms with Crippen molar-refractivity contribution >= 4 is 42.9 Å². The van der Waals surface area contributed by atoms with E-state index >= 15 is 0 Å². The topological polar surface area (TPSA) is 92.3 Å². The van der Waals surface area contributed by atoms with Gasteiger partial charge in [0.2, 0.25) is 11.8 Å². The fourth-order valence-electron chi connectivity index (χ4n) is 1.63. The van der Waals surface area contributed by atoms with Crippen LogP contribution in [0.5, 0.6) is 0 Å². The van der Waals surface area contributed by atoms with Crippen molar-refractivity contribution in [3.05, 3.63) is 54.6 Å². The number of benzene rings is 2. The summed E-state index contributed by atoms with van der Waals surface area (Å²) in [7, 11) is 1.41. The Kier molecular flexibility index (Phi) is 7.41. The zero-order valence-corrected chi connectivity index (χ0v) is 14.7. The first-order valence-electron chi connectivity index (χ1n) is 6.83. The minimum atomic E-state index is -3.69. The van der Waals surface area contributed by atoms with E-state index in [2.05, 4.69) is 10.6 Å². The molecule has 0 aliphatic carbocycles. The van der Waals surface area contributed by atoms with Crippen LogP contribution in [0.2, 0.25) is 0 Å². The second-order valence-corrected chi connectivity index (χ2v) is 7.26. The highest BCUT2D eigenvalue weighted by Crippen LogP contribution is 2.17. The van der Waals surface area contributed by atoms with Crippen molar-refractivity contribution < 1.29 is 18.0 Å². The molecule has 0 atom stereocenters. The Hall–Kier alpha value is -2.38. The van der Waals surface area contributed by atoms with Crippen molar-refractivity contribution in [3.8, 4) is 0 Å². The minimum absolute atomic E-state index is 0.00766. The number of halogens is 1.